The Kier molecular flexibility index (Phi) is 6.22. The van der Waals surface area contributed by atoms with Gasteiger partial charge in [0.1, 0.15) is 22.9 Å². The van der Waals surface area contributed by atoms with Crippen molar-refractivity contribution in [2.24, 2.45) is 0 Å². The molecule has 0 atom stereocenters. The molecule has 1 amide bonds. The lowest BCUT2D eigenvalue weighted by molar-refractivity contribution is -0.385. The van der Waals surface area contributed by atoms with Crippen molar-refractivity contribution in [3.63, 3.8) is 0 Å². The van der Waals surface area contributed by atoms with Gasteiger partial charge < -0.3 is 14.8 Å². The number of halogens is 2. The van der Waals surface area contributed by atoms with Crippen molar-refractivity contribution in [3.05, 3.63) is 62.9 Å². The molecule has 0 radical (unpaired) electrons. The number of hydrogen-bond donors (Lipinski definition) is 1. The molecule has 2 aromatic rings. The number of hydrogen-bond acceptors (Lipinski definition) is 5. The van der Waals surface area contributed by atoms with E-state index in [0.29, 0.717) is 0 Å². The smallest absolute Gasteiger partial charge is 0.407 e. The van der Waals surface area contributed by atoms with Crippen LogP contribution in [-0.4, -0.2) is 16.6 Å². The first-order valence-electron chi connectivity index (χ1n) is 7.91. The van der Waals surface area contributed by atoms with Gasteiger partial charge in [-0.05, 0) is 45.0 Å². The number of ether oxygens (including phenoxy) is 2. The number of carbonyl (C=O) groups excluding carboxylic acids is 1. The minimum atomic E-state index is -0.708. The third kappa shape index (κ3) is 6.41. The molecule has 9 heteroatoms. The van der Waals surface area contributed by atoms with E-state index < -0.39 is 22.4 Å². The molecule has 0 heterocycles. The molecule has 27 heavy (non-hydrogen) atoms. The summed E-state index contributed by atoms with van der Waals surface area (Å²) in [6.07, 6.45) is -0.708. The maximum Gasteiger partial charge on any atom is 0.407 e. The fourth-order valence-corrected chi connectivity index (χ4v) is 2.36. The molecule has 0 saturated heterocycles. The van der Waals surface area contributed by atoms with Crippen molar-refractivity contribution in [3.8, 4) is 11.5 Å². The molecule has 0 fully saturated rings. The molecule has 0 aliphatic rings. The molecular formula is C18H18ClFN2O5. The van der Waals surface area contributed by atoms with Gasteiger partial charge in [0.15, 0.2) is 0 Å². The molecule has 0 bridgehead atoms. The van der Waals surface area contributed by atoms with Crippen LogP contribution in [0.25, 0.3) is 0 Å². The first-order chi connectivity index (χ1) is 12.5. The highest BCUT2D eigenvalue weighted by Gasteiger charge is 2.19. The summed E-state index contributed by atoms with van der Waals surface area (Å²) in [5.74, 6) is -0.214. The van der Waals surface area contributed by atoms with Gasteiger partial charge in [-0.25, -0.2) is 9.18 Å². The van der Waals surface area contributed by atoms with Crippen LogP contribution >= 0.6 is 11.6 Å². The van der Waals surface area contributed by atoms with Crippen molar-refractivity contribution in [1.29, 1.82) is 0 Å². The van der Waals surface area contributed by atoms with E-state index in [2.05, 4.69) is 5.32 Å². The van der Waals surface area contributed by atoms with E-state index in [9.17, 15) is 19.3 Å². The Labute approximate surface area is 160 Å². The Bertz CT molecular complexity index is 847. The number of nitro groups is 1. The topological polar surface area (TPSA) is 90.7 Å². The fraction of sp³-hybridized carbons (Fsp3) is 0.278. The number of nitrogens with zero attached hydrogens (tertiary/aromatic N) is 1. The van der Waals surface area contributed by atoms with Gasteiger partial charge in [-0.1, -0.05) is 11.6 Å². The molecule has 0 aliphatic heterocycles. The summed E-state index contributed by atoms with van der Waals surface area (Å²) >= 11 is 5.78. The summed E-state index contributed by atoms with van der Waals surface area (Å²) in [7, 11) is 0. The molecule has 0 saturated carbocycles. The summed E-state index contributed by atoms with van der Waals surface area (Å²) < 4.78 is 24.0. The third-order valence-electron chi connectivity index (χ3n) is 3.14. The maximum atomic E-state index is 13.4. The zero-order chi connectivity index (χ0) is 20.2. The predicted molar refractivity (Wildman–Crippen MR) is 97.7 cm³/mol. The highest BCUT2D eigenvalue weighted by atomic mass is 35.5. The van der Waals surface area contributed by atoms with E-state index in [-0.39, 0.29) is 34.3 Å². The molecule has 0 unspecified atom stereocenters. The van der Waals surface area contributed by atoms with Crippen LogP contribution in [0.3, 0.4) is 0 Å². The van der Waals surface area contributed by atoms with E-state index >= 15 is 0 Å². The number of alkyl carbamates (subject to hydrolysis) is 1. The van der Waals surface area contributed by atoms with Crippen molar-refractivity contribution in [2.45, 2.75) is 32.9 Å². The van der Waals surface area contributed by atoms with Crippen LogP contribution in [0.15, 0.2) is 36.4 Å². The molecule has 2 aromatic carbocycles. The van der Waals surface area contributed by atoms with Crippen LogP contribution in [0.2, 0.25) is 5.02 Å². The minimum Gasteiger partial charge on any atom is -0.457 e. The first-order valence-corrected chi connectivity index (χ1v) is 8.29. The molecular weight excluding hydrogens is 379 g/mol. The number of nitro benzene ring substituents is 1. The van der Waals surface area contributed by atoms with Gasteiger partial charge in [0.2, 0.25) is 0 Å². The van der Waals surface area contributed by atoms with Crippen molar-refractivity contribution in [2.75, 3.05) is 0 Å². The number of carbonyl (C=O) groups is 1. The SMILES string of the molecule is CC(C)(C)OC(=O)NCc1cc(Oc2cc(F)cc(Cl)c2)ccc1[N+](=O)[O-]. The van der Waals surface area contributed by atoms with Crippen LogP contribution in [0.4, 0.5) is 14.9 Å². The Balaban J connectivity index is 2.20. The zero-order valence-corrected chi connectivity index (χ0v) is 15.7. The highest BCUT2D eigenvalue weighted by molar-refractivity contribution is 6.30. The largest absolute Gasteiger partial charge is 0.457 e. The van der Waals surface area contributed by atoms with E-state index in [4.69, 9.17) is 21.1 Å². The Morgan fingerprint density at radius 1 is 1.22 bits per heavy atom. The summed E-state index contributed by atoms with van der Waals surface area (Å²) in [6, 6.07) is 7.65. The van der Waals surface area contributed by atoms with Crippen LogP contribution in [0, 0.1) is 15.9 Å². The van der Waals surface area contributed by atoms with Gasteiger partial charge in [-0.2, -0.15) is 0 Å². The lowest BCUT2D eigenvalue weighted by atomic mass is 10.1. The Morgan fingerprint density at radius 3 is 2.52 bits per heavy atom. The molecule has 0 spiro atoms. The van der Waals surface area contributed by atoms with Crippen LogP contribution in [-0.2, 0) is 11.3 Å². The lowest BCUT2D eigenvalue weighted by Gasteiger charge is -2.19. The van der Waals surface area contributed by atoms with E-state index in [1.165, 1.54) is 24.3 Å². The molecule has 0 aliphatic carbocycles. The standard InChI is InChI=1S/C18H18ClFN2O5/c1-18(2,3)27-17(23)21-10-11-6-14(4-5-16(11)22(24)25)26-15-8-12(19)7-13(20)9-15/h4-9H,10H2,1-3H3,(H,21,23). The number of nitrogens with one attached hydrogen (secondary N) is 1. The number of amides is 1. The van der Waals surface area contributed by atoms with Gasteiger partial charge in [0.25, 0.3) is 5.69 Å². The molecule has 144 valence electrons. The normalized spacial score (nSPS) is 11.0. The van der Waals surface area contributed by atoms with Gasteiger partial charge in [-0.3, -0.25) is 10.1 Å². The average molecular weight is 397 g/mol. The summed E-state index contributed by atoms with van der Waals surface area (Å²) in [5.41, 5.74) is -0.695. The Hall–Kier alpha value is -2.87. The molecule has 0 aromatic heterocycles. The highest BCUT2D eigenvalue weighted by Crippen LogP contribution is 2.29. The van der Waals surface area contributed by atoms with Gasteiger partial charge in [0, 0.05) is 17.2 Å². The van der Waals surface area contributed by atoms with Crippen LogP contribution in [0.5, 0.6) is 11.5 Å². The second-order valence-electron chi connectivity index (χ2n) is 6.61. The second kappa shape index (κ2) is 8.22. The maximum absolute atomic E-state index is 13.4. The first kappa shape index (κ1) is 20.4. The quantitative estimate of drug-likeness (QED) is 0.553. The van der Waals surface area contributed by atoms with Crippen molar-refractivity contribution >= 4 is 23.4 Å². The zero-order valence-electron chi connectivity index (χ0n) is 14.9. The predicted octanol–water partition coefficient (Wildman–Crippen LogP) is 5.20. The summed E-state index contributed by atoms with van der Waals surface area (Å²) in [5, 5.41) is 13.8. The average Bonchev–Trinajstić information content (AvgIpc) is 2.50. The number of benzene rings is 2. The van der Waals surface area contributed by atoms with E-state index in [1.807, 2.05) is 0 Å². The Morgan fingerprint density at radius 2 is 1.93 bits per heavy atom. The second-order valence-corrected chi connectivity index (χ2v) is 7.05. The van der Waals surface area contributed by atoms with Gasteiger partial charge in [0.05, 0.1) is 17.0 Å². The molecule has 1 N–H and O–H groups in total. The van der Waals surface area contributed by atoms with Crippen molar-refractivity contribution < 1.29 is 23.6 Å². The van der Waals surface area contributed by atoms with Crippen molar-refractivity contribution in [1.82, 2.24) is 5.32 Å². The number of rotatable bonds is 5. The van der Waals surface area contributed by atoms with E-state index in [1.54, 1.807) is 20.8 Å². The summed E-state index contributed by atoms with van der Waals surface area (Å²) in [4.78, 5) is 22.4. The molecule has 2 rings (SSSR count). The third-order valence-corrected chi connectivity index (χ3v) is 3.36. The minimum absolute atomic E-state index is 0.139. The monoisotopic (exact) mass is 396 g/mol. The van der Waals surface area contributed by atoms with Crippen LogP contribution < -0.4 is 10.1 Å². The van der Waals surface area contributed by atoms with Crippen LogP contribution in [0.1, 0.15) is 26.3 Å². The van der Waals surface area contributed by atoms with Gasteiger partial charge >= 0.3 is 6.09 Å². The van der Waals surface area contributed by atoms with E-state index in [0.717, 1.165) is 12.1 Å². The van der Waals surface area contributed by atoms with Gasteiger partial charge in [-0.15, -0.1) is 0 Å². The summed E-state index contributed by atoms with van der Waals surface area (Å²) in [6.45, 7) is 4.96. The fourth-order valence-electron chi connectivity index (χ4n) is 2.15. The lowest BCUT2D eigenvalue weighted by Crippen LogP contribution is -2.32. The molecule has 7 nitrogen and oxygen atoms in total.